The molecule has 110 valence electrons. The van der Waals surface area contributed by atoms with E-state index < -0.39 is 11.7 Å². The number of carbonyl (C=O) groups is 1. The second kappa shape index (κ2) is 7.22. The molecule has 1 amide bonds. The fourth-order valence-electron chi connectivity index (χ4n) is 1.77. The lowest BCUT2D eigenvalue weighted by Crippen LogP contribution is -2.14. The number of anilines is 1. The number of hydrogen-bond acceptors (Lipinski definition) is 2. The standard InChI is InChI=1S/C16H15BrFNO2/c1-2-9-21-15-6-4-3-5-14(15)19-16(20)12-10-11(18)7-8-13(12)17/h3-8,10H,2,9H2,1H3,(H,19,20). The summed E-state index contributed by atoms with van der Waals surface area (Å²) < 4.78 is 19.4. The summed E-state index contributed by atoms with van der Waals surface area (Å²) in [7, 11) is 0. The first-order chi connectivity index (χ1) is 10.1. The van der Waals surface area contributed by atoms with Gasteiger partial charge >= 0.3 is 0 Å². The van der Waals surface area contributed by atoms with Crippen molar-refractivity contribution in [2.24, 2.45) is 0 Å². The van der Waals surface area contributed by atoms with Crippen LogP contribution in [0.3, 0.4) is 0 Å². The van der Waals surface area contributed by atoms with E-state index in [2.05, 4.69) is 21.2 Å². The largest absolute Gasteiger partial charge is 0.491 e. The van der Waals surface area contributed by atoms with Crippen molar-refractivity contribution in [2.75, 3.05) is 11.9 Å². The highest BCUT2D eigenvalue weighted by atomic mass is 79.9. The van der Waals surface area contributed by atoms with Gasteiger partial charge in [0.25, 0.3) is 5.91 Å². The third-order valence-corrected chi connectivity index (χ3v) is 3.46. The van der Waals surface area contributed by atoms with E-state index in [1.165, 1.54) is 18.2 Å². The van der Waals surface area contributed by atoms with E-state index >= 15 is 0 Å². The highest BCUT2D eigenvalue weighted by Gasteiger charge is 2.13. The monoisotopic (exact) mass is 351 g/mol. The van der Waals surface area contributed by atoms with Gasteiger partial charge in [0.2, 0.25) is 0 Å². The van der Waals surface area contributed by atoms with Gasteiger partial charge in [-0.2, -0.15) is 0 Å². The van der Waals surface area contributed by atoms with Crippen LogP contribution in [0.1, 0.15) is 23.7 Å². The van der Waals surface area contributed by atoms with Crippen LogP contribution in [0.5, 0.6) is 5.75 Å². The van der Waals surface area contributed by atoms with Crippen molar-refractivity contribution in [1.82, 2.24) is 0 Å². The summed E-state index contributed by atoms with van der Waals surface area (Å²) in [4.78, 5) is 12.2. The Bertz CT molecular complexity index is 646. The molecule has 0 saturated heterocycles. The van der Waals surface area contributed by atoms with Gasteiger partial charge in [-0.25, -0.2) is 4.39 Å². The van der Waals surface area contributed by atoms with Crippen molar-refractivity contribution in [1.29, 1.82) is 0 Å². The van der Waals surface area contributed by atoms with E-state index in [4.69, 9.17) is 4.74 Å². The SMILES string of the molecule is CCCOc1ccccc1NC(=O)c1cc(F)ccc1Br. The van der Waals surface area contributed by atoms with Crippen LogP contribution in [0, 0.1) is 5.82 Å². The topological polar surface area (TPSA) is 38.3 Å². The lowest BCUT2D eigenvalue weighted by molar-refractivity contribution is 0.102. The number of halogens is 2. The maximum Gasteiger partial charge on any atom is 0.257 e. The Morgan fingerprint density at radius 3 is 2.81 bits per heavy atom. The van der Waals surface area contributed by atoms with Gasteiger partial charge in [0.1, 0.15) is 11.6 Å². The predicted octanol–water partition coefficient (Wildman–Crippen LogP) is 4.63. The summed E-state index contributed by atoms with van der Waals surface area (Å²) in [6, 6.07) is 11.1. The van der Waals surface area contributed by atoms with Crippen LogP contribution in [0.25, 0.3) is 0 Å². The summed E-state index contributed by atoms with van der Waals surface area (Å²) in [5.41, 5.74) is 0.799. The van der Waals surface area contributed by atoms with Crippen molar-refractivity contribution in [3.05, 3.63) is 58.3 Å². The van der Waals surface area contributed by atoms with E-state index in [9.17, 15) is 9.18 Å². The number of ether oxygens (including phenoxy) is 1. The number of hydrogen-bond donors (Lipinski definition) is 1. The molecule has 21 heavy (non-hydrogen) atoms. The first-order valence-corrected chi connectivity index (χ1v) is 7.39. The van der Waals surface area contributed by atoms with E-state index in [1.807, 2.05) is 13.0 Å². The smallest absolute Gasteiger partial charge is 0.257 e. The first kappa shape index (κ1) is 15.5. The van der Waals surface area contributed by atoms with Crippen LogP contribution in [0.2, 0.25) is 0 Å². The van der Waals surface area contributed by atoms with Crippen LogP contribution in [0.15, 0.2) is 46.9 Å². The Hall–Kier alpha value is -1.88. The van der Waals surface area contributed by atoms with E-state index in [-0.39, 0.29) is 5.56 Å². The van der Waals surface area contributed by atoms with Crippen LogP contribution in [0.4, 0.5) is 10.1 Å². The Morgan fingerprint density at radius 1 is 1.29 bits per heavy atom. The molecule has 2 aromatic carbocycles. The maximum atomic E-state index is 13.3. The highest BCUT2D eigenvalue weighted by Crippen LogP contribution is 2.26. The van der Waals surface area contributed by atoms with Gasteiger partial charge in [0.15, 0.2) is 0 Å². The Morgan fingerprint density at radius 2 is 2.05 bits per heavy atom. The Kier molecular flexibility index (Phi) is 5.33. The minimum atomic E-state index is -0.459. The zero-order valence-corrected chi connectivity index (χ0v) is 13.1. The fourth-order valence-corrected chi connectivity index (χ4v) is 2.20. The fraction of sp³-hybridized carbons (Fsp3) is 0.188. The van der Waals surface area contributed by atoms with Crippen molar-refractivity contribution in [3.63, 3.8) is 0 Å². The van der Waals surface area contributed by atoms with E-state index in [0.717, 1.165) is 6.42 Å². The normalized spacial score (nSPS) is 10.2. The van der Waals surface area contributed by atoms with Gasteiger partial charge in [-0.05, 0) is 52.7 Å². The second-order valence-corrected chi connectivity index (χ2v) is 5.28. The van der Waals surface area contributed by atoms with Crippen LogP contribution in [-0.4, -0.2) is 12.5 Å². The molecular formula is C16H15BrFNO2. The number of amides is 1. The molecule has 3 nitrogen and oxygen atoms in total. The average molecular weight is 352 g/mol. The van der Waals surface area contributed by atoms with Gasteiger partial charge < -0.3 is 10.1 Å². The summed E-state index contributed by atoms with van der Waals surface area (Å²) in [5.74, 6) is -0.256. The molecule has 1 N–H and O–H groups in total. The Labute approximate surface area is 131 Å². The molecule has 0 radical (unpaired) electrons. The minimum absolute atomic E-state index is 0.236. The molecule has 0 bridgehead atoms. The zero-order chi connectivity index (χ0) is 15.2. The van der Waals surface area contributed by atoms with E-state index in [1.54, 1.807) is 18.2 Å². The minimum Gasteiger partial charge on any atom is -0.491 e. The molecule has 0 heterocycles. The lowest BCUT2D eigenvalue weighted by Gasteiger charge is -2.12. The van der Waals surface area contributed by atoms with Crippen molar-refractivity contribution >= 4 is 27.5 Å². The maximum absolute atomic E-state index is 13.3. The molecule has 5 heteroatoms. The molecule has 2 aromatic rings. The summed E-state index contributed by atoms with van der Waals surface area (Å²) >= 11 is 3.25. The number of carbonyl (C=O) groups excluding carboxylic acids is 1. The van der Waals surface area contributed by atoms with E-state index in [0.29, 0.717) is 22.5 Å². The predicted molar refractivity (Wildman–Crippen MR) is 84.3 cm³/mol. The van der Waals surface area contributed by atoms with Crippen LogP contribution < -0.4 is 10.1 Å². The van der Waals surface area contributed by atoms with Gasteiger partial charge in [0.05, 0.1) is 17.9 Å². The molecule has 0 unspecified atom stereocenters. The molecule has 0 fully saturated rings. The highest BCUT2D eigenvalue weighted by molar-refractivity contribution is 9.10. The van der Waals surface area contributed by atoms with Crippen molar-refractivity contribution < 1.29 is 13.9 Å². The number of para-hydroxylation sites is 2. The number of benzene rings is 2. The molecule has 0 aromatic heterocycles. The second-order valence-electron chi connectivity index (χ2n) is 4.42. The molecule has 2 rings (SSSR count). The molecule has 0 aliphatic rings. The summed E-state index contributed by atoms with van der Waals surface area (Å²) in [5, 5.41) is 2.74. The summed E-state index contributed by atoms with van der Waals surface area (Å²) in [6.07, 6.45) is 0.873. The number of nitrogens with one attached hydrogen (secondary N) is 1. The van der Waals surface area contributed by atoms with Gasteiger partial charge in [-0.1, -0.05) is 19.1 Å². The average Bonchev–Trinajstić information content (AvgIpc) is 2.48. The molecule has 0 saturated carbocycles. The van der Waals surface area contributed by atoms with Crippen LogP contribution in [-0.2, 0) is 0 Å². The van der Waals surface area contributed by atoms with Crippen molar-refractivity contribution in [3.8, 4) is 5.75 Å². The Balaban J connectivity index is 2.21. The third kappa shape index (κ3) is 4.04. The number of rotatable bonds is 5. The van der Waals surface area contributed by atoms with Crippen LogP contribution >= 0.6 is 15.9 Å². The molecule has 0 spiro atoms. The molecule has 0 aliphatic carbocycles. The zero-order valence-electron chi connectivity index (χ0n) is 11.5. The quantitative estimate of drug-likeness (QED) is 0.852. The third-order valence-electron chi connectivity index (χ3n) is 2.77. The molecular weight excluding hydrogens is 337 g/mol. The lowest BCUT2D eigenvalue weighted by atomic mass is 10.2. The van der Waals surface area contributed by atoms with Gasteiger partial charge in [-0.3, -0.25) is 4.79 Å². The summed E-state index contributed by atoms with van der Waals surface area (Å²) in [6.45, 7) is 2.57. The van der Waals surface area contributed by atoms with Gasteiger partial charge in [-0.15, -0.1) is 0 Å². The van der Waals surface area contributed by atoms with Crippen molar-refractivity contribution in [2.45, 2.75) is 13.3 Å². The van der Waals surface area contributed by atoms with Gasteiger partial charge in [0, 0.05) is 4.47 Å². The molecule has 0 aliphatic heterocycles. The molecule has 0 atom stereocenters. The first-order valence-electron chi connectivity index (χ1n) is 6.60.